The second-order valence-electron chi connectivity index (χ2n) is 2.43. The molecule has 3 heteroatoms. The summed E-state index contributed by atoms with van der Waals surface area (Å²) in [6.07, 6.45) is -0.265. The minimum atomic E-state index is -0.265. The maximum atomic E-state index is 5.13. The van der Waals surface area contributed by atoms with Gasteiger partial charge in [-0.2, -0.15) is 0 Å². The van der Waals surface area contributed by atoms with Crippen LogP contribution in [0.5, 0.6) is 0 Å². The molecule has 2 nitrogen and oxygen atoms in total. The van der Waals surface area contributed by atoms with E-state index in [4.69, 9.17) is 9.47 Å². The molecule has 0 aliphatic heterocycles. The summed E-state index contributed by atoms with van der Waals surface area (Å²) in [4.78, 5) is 0. The second kappa shape index (κ2) is 4.56. The Balaban J connectivity index is 2.92. The lowest BCUT2D eigenvalue weighted by atomic mass is 10.2. The maximum Gasteiger partial charge on any atom is 0.183 e. The Hall–Kier alpha value is -0.430. The van der Waals surface area contributed by atoms with Gasteiger partial charge in [-0.15, -0.1) is 9.24 Å². The quantitative estimate of drug-likeness (QED) is 0.523. The molecule has 12 heavy (non-hydrogen) atoms. The number of hydrogen-bond donors (Lipinski definition) is 0. The fourth-order valence-corrected chi connectivity index (χ4v) is 1.42. The average molecular weight is 184 g/mol. The lowest BCUT2D eigenvalue weighted by Gasteiger charge is -2.15. The SMILES string of the molecule is COC(OC)c1ccccc1P. The Labute approximate surface area is 75.1 Å². The van der Waals surface area contributed by atoms with Crippen molar-refractivity contribution in [1.82, 2.24) is 0 Å². The highest BCUT2D eigenvalue weighted by Crippen LogP contribution is 2.16. The van der Waals surface area contributed by atoms with Crippen molar-refractivity contribution in [2.45, 2.75) is 6.29 Å². The summed E-state index contributed by atoms with van der Waals surface area (Å²) in [6, 6.07) is 7.94. The first-order valence-electron chi connectivity index (χ1n) is 3.69. The topological polar surface area (TPSA) is 18.5 Å². The van der Waals surface area contributed by atoms with Crippen LogP contribution in [0.2, 0.25) is 0 Å². The van der Waals surface area contributed by atoms with Crippen LogP contribution in [0, 0.1) is 0 Å². The van der Waals surface area contributed by atoms with Gasteiger partial charge in [0.25, 0.3) is 0 Å². The molecule has 0 saturated heterocycles. The van der Waals surface area contributed by atoms with Gasteiger partial charge >= 0.3 is 0 Å². The molecule has 0 fully saturated rings. The molecule has 1 aromatic carbocycles. The van der Waals surface area contributed by atoms with Gasteiger partial charge < -0.3 is 9.47 Å². The highest BCUT2D eigenvalue weighted by molar-refractivity contribution is 7.27. The fourth-order valence-electron chi connectivity index (χ4n) is 1.08. The average Bonchev–Trinajstić information content (AvgIpc) is 2.10. The van der Waals surface area contributed by atoms with Crippen LogP contribution in [0.1, 0.15) is 11.9 Å². The third-order valence-corrected chi connectivity index (χ3v) is 2.20. The monoisotopic (exact) mass is 184 g/mol. The molecule has 0 N–H and O–H groups in total. The van der Waals surface area contributed by atoms with Gasteiger partial charge in [-0.25, -0.2) is 0 Å². The number of benzene rings is 1. The summed E-state index contributed by atoms with van der Waals surface area (Å²) in [7, 11) is 5.91. The first-order chi connectivity index (χ1) is 5.79. The molecular formula is C9H13O2P. The highest BCUT2D eigenvalue weighted by atomic mass is 31.0. The molecule has 0 spiro atoms. The van der Waals surface area contributed by atoms with Crippen LogP contribution in [0.15, 0.2) is 24.3 Å². The van der Waals surface area contributed by atoms with E-state index in [9.17, 15) is 0 Å². The zero-order valence-corrected chi connectivity index (χ0v) is 8.44. The predicted molar refractivity (Wildman–Crippen MR) is 52.5 cm³/mol. The van der Waals surface area contributed by atoms with Crippen LogP contribution in [-0.4, -0.2) is 14.2 Å². The summed E-state index contributed by atoms with van der Waals surface area (Å²) in [5.41, 5.74) is 1.05. The second-order valence-corrected chi connectivity index (χ2v) is 3.05. The molecule has 0 saturated carbocycles. The highest BCUT2D eigenvalue weighted by Gasteiger charge is 2.09. The van der Waals surface area contributed by atoms with Crippen molar-refractivity contribution in [3.8, 4) is 0 Å². The molecule has 0 aliphatic rings. The molecule has 0 radical (unpaired) electrons. The van der Waals surface area contributed by atoms with Crippen molar-refractivity contribution >= 4 is 14.5 Å². The summed E-state index contributed by atoms with van der Waals surface area (Å²) in [5, 5.41) is 1.10. The minimum Gasteiger partial charge on any atom is -0.352 e. The van der Waals surface area contributed by atoms with Gasteiger partial charge in [0.1, 0.15) is 0 Å². The van der Waals surface area contributed by atoms with Crippen molar-refractivity contribution < 1.29 is 9.47 Å². The standard InChI is InChI=1S/C9H13O2P/c1-10-9(11-2)7-5-3-4-6-8(7)12/h3-6,9H,12H2,1-2H3. The smallest absolute Gasteiger partial charge is 0.183 e. The summed E-state index contributed by atoms with van der Waals surface area (Å²) in [5.74, 6) is 0. The van der Waals surface area contributed by atoms with E-state index in [1.165, 1.54) is 0 Å². The molecule has 1 unspecified atom stereocenters. The summed E-state index contributed by atoms with van der Waals surface area (Å²) >= 11 is 0. The molecule has 66 valence electrons. The zero-order valence-electron chi connectivity index (χ0n) is 7.28. The van der Waals surface area contributed by atoms with Gasteiger partial charge in [0.05, 0.1) is 0 Å². The van der Waals surface area contributed by atoms with E-state index in [0.29, 0.717) is 0 Å². The maximum absolute atomic E-state index is 5.13. The van der Waals surface area contributed by atoms with E-state index >= 15 is 0 Å². The van der Waals surface area contributed by atoms with Crippen LogP contribution in [0.25, 0.3) is 0 Å². The molecule has 1 aromatic rings. The fraction of sp³-hybridized carbons (Fsp3) is 0.333. The minimum absolute atomic E-state index is 0.265. The van der Waals surface area contributed by atoms with Gasteiger partial charge in [0.15, 0.2) is 6.29 Å². The van der Waals surface area contributed by atoms with Crippen LogP contribution in [-0.2, 0) is 9.47 Å². The Morgan fingerprint density at radius 2 is 1.75 bits per heavy atom. The van der Waals surface area contributed by atoms with E-state index in [2.05, 4.69) is 9.24 Å². The van der Waals surface area contributed by atoms with Crippen LogP contribution < -0.4 is 5.30 Å². The first-order valence-corrected chi connectivity index (χ1v) is 4.27. The Morgan fingerprint density at radius 1 is 1.17 bits per heavy atom. The largest absolute Gasteiger partial charge is 0.352 e. The van der Waals surface area contributed by atoms with E-state index in [0.717, 1.165) is 10.9 Å². The molecule has 0 amide bonds. The van der Waals surface area contributed by atoms with E-state index < -0.39 is 0 Å². The summed E-state index contributed by atoms with van der Waals surface area (Å²) in [6.45, 7) is 0. The van der Waals surface area contributed by atoms with E-state index in [1.807, 2.05) is 24.3 Å². The van der Waals surface area contributed by atoms with Crippen molar-refractivity contribution in [1.29, 1.82) is 0 Å². The predicted octanol–water partition coefficient (Wildman–Crippen LogP) is 1.48. The summed E-state index contributed by atoms with van der Waals surface area (Å²) < 4.78 is 10.3. The van der Waals surface area contributed by atoms with Crippen molar-refractivity contribution in [3.63, 3.8) is 0 Å². The van der Waals surface area contributed by atoms with Crippen molar-refractivity contribution in [2.24, 2.45) is 0 Å². The molecule has 0 aliphatic carbocycles. The normalized spacial score (nSPS) is 10.7. The van der Waals surface area contributed by atoms with Crippen molar-refractivity contribution in [2.75, 3.05) is 14.2 Å². The third kappa shape index (κ3) is 2.04. The van der Waals surface area contributed by atoms with Gasteiger partial charge in [-0.1, -0.05) is 24.3 Å². The van der Waals surface area contributed by atoms with E-state index in [1.54, 1.807) is 14.2 Å². The Morgan fingerprint density at radius 3 is 2.25 bits per heavy atom. The number of ether oxygens (including phenoxy) is 2. The third-order valence-electron chi connectivity index (χ3n) is 1.68. The zero-order chi connectivity index (χ0) is 8.97. The first kappa shape index (κ1) is 9.66. The number of rotatable bonds is 3. The molecule has 0 bridgehead atoms. The van der Waals surface area contributed by atoms with Gasteiger partial charge in [0.2, 0.25) is 0 Å². The van der Waals surface area contributed by atoms with E-state index in [-0.39, 0.29) is 6.29 Å². The molecule has 0 heterocycles. The lowest BCUT2D eigenvalue weighted by Crippen LogP contribution is -2.11. The van der Waals surface area contributed by atoms with Gasteiger partial charge in [0, 0.05) is 19.8 Å². The van der Waals surface area contributed by atoms with Gasteiger partial charge in [-0.05, 0) is 5.30 Å². The van der Waals surface area contributed by atoms with Crippen LogP contribution in [0.3, 0.4) is 0 Å². The van der Waals surface area contributed by atoms with Crippen molar-refractivity contribution in [3.05, 3.63) is 29.8 Å². The van der Waals surface area contributed by atoms with Crippen LogP contribution in [0.4, 0.5) is 0 Å². The number of hydrogen-bond acceptors (Lipinski definition) is 2. The van der Waals surface area contributed by atoms with Gasteiger partial charge in [-0.3, -0.25) is 0 Å². The Bertz CT molecular complexity index is 246. The molecule has 0 aromatic heterocycles. The molecular weight excluding hydrogens is 171 g/mol. The number of methoxy groups -OCH3 is 2. The molecule has 1 rings (SSSR count). The lowest BCUT2D eigenvalue weighted by molar-refractivity contribution is -0.105. The molecule has 1 atom stereocenters. The van der Waals surface area contributed by atoms with Crippen LogP contribution >= 0.6 is 9.24 Å². The Kier molecular flexibility index (Phi) is 3.67.